The van der Waals surface area contributed by atoms with E-state index in [2.05, 4.69) is 35.7 Å². The molecule has 0 aromatic heterocycles. The van der Waals surface area contributed by atoms with Crippen molar-refractivity contribution in [1.82, 2.24) is 0 Å². The Morgan fingerprint density at radius 1 is 1.20 bits per heavy atom. The zero-order chi connectivity index (χ0) is 8.04. The van der Waals surface area contributed by atoms with E-state index in [1.807, 2.05) is 0 Å². The van der Waals surface area contributed by atoms with Gasteiger partial charge in [-0.25, -0.2) is 0 Å². The topological polar surface area (TPSA) is 0 Å². The summed E-state index contributed by atoms with van der Waals surface area (Å²) in [6, 6.07) is 1.28. The van der Waals surface area contributed by atoms with Gasteiger partial charge in [-0.3, -0.25) is 0 Å². The van der Waals surface area contributed by atoms with Gasteiger partial charge in [-0.15, -0.1) is 0 Å². The van der Waals surface area contributed by atoms with E-state index < -0.39 is 7.38 Å². The van der Waals surface area contributed by atoms with Gasteiger partial charge in [0.2, 0.25) is 0 Å². The van der Waals surface area contributed by atoms with Crippen LogP contribution < -0.4 is 0 Å². The van der Waals surface area contributed by atoms with E-state index in [9.17, 15) is 0 Å². The van der Waals surface area contributed by atoms with Crippen LogP contribution in [-0.2, 0) is 0 Å². The minimum absolute atomic E-state index is 1.24. The Balaban J connectivity index is 3.04. The summed E-state index contributed by atoms with van der Waals surface area (Å²) >= 11 is 8.58. The van der Waals surface area contributed by atoms with Crippen LogP contribution in [-0.4, -0.2) is 11.8 Å². The Bertz CT molecular complexity index is 80.2. The molecule has 0 atom stereocenters. The number of rotatable bonds is 5. The van der Waals surface area contributed by atoms with E-state index >= 15 is 0 Å². The van der Waals surface area contributed by atoms with Crippen LogP contribution in [0.3, 0.4) is 0 Å². The SMILES string of the molecule is C[Si](C)(Cl)CCCCCI. The normalized spacial score (nSPS) is 12.0. The van der Waals surface area contributed by atoms with Crippen molar-refractivity contribution in [2.75, 3.05) is 4.43 Å². The molecule has 0 aliphatic rings. The molecule has 10 heavy (non-hydrogen) atoms. The van der Waals surface area contributed by atoms with Crippen LogP contribution in [0.4, 0.5) is 0 Å². The summed E-state index contributed by atoms with van der Waals surface area (Å²) in [6.45, 7) is 4.44. The first-order valence-electron chi connectivity index (χ1n) is 3.81. The lowest BCUT2D eigenvalue weighted by Gasteiger charge is -2.11. The first kappa shape index (κ1) is 11.2. The van der Waals surface area contributed by atoms with Crippen LogP contribution in [0.5, 0.6) is 0 Å². The van der Waals surface area contributed by atoms with Gasteiger partial charge in [-0.2, -0.15) is 11.1 Å². The second kappa shape index (κ2) is 5.83. The number of halogens is 2. The fourth-order valence-corrected chi connectivity index (χ4v) is 2.85. The van der Waals surface area contributed by atoms with E-state index in [0.717, 1.165) is 0 Å². The molecule has 0 amide bonds. The molecule has 0 rings (SSSR count). The quantitative estimate of drug-likeness (QED) is 0.236. The molecule has 0 aliphatic carbocycles. The highest BCUT2D eigenvalue weighted by molar-refractivity contribution is 14.1. The highest BCUT2D eigenvalue weighted by Gasteiger charge is 2.15. The maximum Gasteiger partial charge on any atom is 0.150 e. The van der Waals surface area contributed by atoms with Crippen molar-refractivity contribution in [2.45, 2.75) is 38.4 Å². The number of hydrogen-bond acceptors (Lipinski definition) is 0. The van der Waals surface area contributed by atoms with E-state index in [1.54, 1.807) is 0 Å². The Morgan fingerprint density at radius 3 is 2.20 bits per heavy atom. The molecule has 0 radical (unpaired) electrons. The van der Waals surface area contributed by atoms with Crippen molar-refractivity contribution in [3.63, 3.8) is 0 Å². The van der Waals surface area contributed by atoms with Crippen molar-refractivity contribution in [2.24, 2.45) is 0 Å². The zero-order valence-corrected chi connectivity index (χ0v) is 10.7. The molecule has 0 saturated carbocycles. The minimum Gasteiger partial charge on any atom is -0.168 e. The van der Waals surface area contributed by atoms with Gasteiger partial charge in [0.1, 0.15) is 7.38 Å². The van der Waals surface area contributed by atoms with Gasteiger partial charge in [0, 0.05) is 0 Å². The second-order valence-electron chi connectivity index (χ2n) is 3.22. The Hall–Kier alpha value is 1.24. The second-order valence-corrected chi connectivity index (χ2v) is 11.3. The van der Waals surface area contributed by atoms with E-state index in [1.165, 1.54) is 29.7 Å². The van der Waals surface area contributed by atoms with Crippen LogP contribution in [0.1, 0.15) is 19.3 Å². The molecule has 0 aliphatic heterocycles. The van der Waals surface area contributed by atoms with E-state index in [-0.39, 0.29) is 0 Å². The van der Waals surface area contributed by atoms with Gasteiger partial charge in [0.15, 0.2) is 0 Å². The summed E-state index contributed by atoms with van der Waals surface area (Å²) in [7, 11) is -1.24. The summed E-state index contributed by atoms with van der Waals surface area (Å²) in [6.07, 6.45) is 4.07. The van der Waals surface area contributed by atoms with Crippen molar-refractivity contribution in [1.29, 1.82) is 0 Å². The van der Waals surface area contributed by atoms with Gasteiger partial charge in [0.25, 0.3) is 0 Å². The lowest BCUT2D eigenvalue weighted by molar-refractivity contribution is 0.778. The third-order valence-electron chi connectivity index (χ3n) is 1.40. The smallest absolute Gasteiger partial charge is 0.150 e. The first-order chi connectivity index (χ1) is 4.56. The van der Waals surface area contributed by atoms with Gasteiger partial charge >= 0.3 is 0 Å². The maximum atomic E-state index is 6.15. The molecule has 3 heteroatoms. The minimum atomic E-state index is -1.24. The third-order valence-corrected chi connectivity index (χ3v) is 4.28. The molecule has 0 unspecified atom stereocenters. The molecule has 0 aromatic rings. The molecule has 0 aromatic carbocycles. The van der Waals surface area contributed by atoms with Crippen molar-refractivity contribution in [3.8, 4) is 0 Å². The molecular formula is C7H16ClISi. The Labute approximate surface area is 83.6 Å². The first-order valence-corrected chi connectivity index (χ1v) is 9.55. The largest absolute Gasteiger partial charge is 0.168 e. The maximum absolute atomic E-state index is 6.15. The number of hydrogen-bond donors (Lipinski definition) is 0. The highest BCUT2D eigenvalue weighted by atomic mass is 127. The summed E-state index contributed by atoms with van der Waals surface area (Å²) < 4.78 is 1.29. The fourth-order valence-electron chi connectivity index (χ4n) is 0.817. The molecule has 0 heterocycles. The summed E-state index contributed by atoms with van der Waals surface area (Å²) in [4.78, 5) is 0. The zero-order valence-electron chi connectivity index (χ0n) is 6.79. The standard InChI is InChI=1S/C7H16ClISi/c1-10(2,8)7-5-3-4-6-9/h3-7H2,1-2H3. The van der Waals surface area contributed by atoms with Gasteiger partial charge in [-0.05, 0) is 16.9 Å². The number of alkyl halides is 1. The monoisotopic (exact) mass is 290 g/mol. The van der Waals surface area contributed by atoms with Crippen molar-refractivity contribution >= 4 is 41.1 Å². The highest BCUT2D eigenvalue weighted by Crippen LogP contribution is 2.18. The number of unbranched alkanes of at least 4 members (excludes halogenated alkanes) is 2. The lowest BCUT2D eigenvalue weighted by atomic mass is 10.3. The van der Waals surface area contributed by atoms with Crippen molar-refractivity contribution < 1.29 is 0 Å². The summed E-state index contributed by atoms with van der Waals surface area (Å²) in [5, 5.41) is 0. The molecule has 0 nitrogen and oxygen atoms in total. The van der Waals surface area contributed by atoms with Crippen LogP contribution in [0, 0.1) is 0 Å². The van der Waals surface area contributed by atoms with Gasteiger partial charge in [-0.1, -0.05) is 48.5 Å². The van der Waals surface area contributed by atoms with Crippen molar-refractivity contribution in [3.05, 3.63) is 0 Å². The van der Waals surface area contributed by atoms with Gasteiger partial charge < -0.3 is 0 Å². The fraction of sp³-hybridized carbons (Fsp3) is 1.00. The molecule has 0 N–H and O–H groups in total. The molecule has 0 fully saturated rings. The third kappa shape index (κ3) is 9.24. The van der Waals surface area contributed by atoms with E-state index in [4.69, 9.17) is 11.1 Å². The van der Waals surface area contributed by atoms with Crippen LogP contribution >= 0.6 is 33.7 Å². The van der Waals surface area contributed by atoms with Crippen LogP contribution in [0.15, 0.2) is 0 Å². The summed E-state index contributed by atoms with van der Waals surface area (Å²) in [5.41, 5.74) is 0. The average Bonchev–Trinajstić information content (AvgIpc) is 1.78. The predicted molar refractivity (Wildman–Crippen MR) is 60.9 cm³/mol. The molecule has 0 bridgehead atoms. The molecular weight excluding hydrogens is 275 g/mol. The van der Waals surface area contributed by atoms with Gasteiger partial charge in [0.05, 0.1) is 0 Å². The molecule has 0 saturated heterocycles. The Kier molecular flexibility index (Phi) is 6.55. The van der Waals surface area contributed by atoms with Crippen LogP contribution in [0.25, 0.3) is 0 Å². The Morgan fingerprint density at radius 2 is 1.80 bits per heavy atom. The average molecular weight is 291 g/mol. The van der Waals surface area contributed by atoms with Crippen LogP contribution in [0.2, 0.25) is 19.1 Å². The predicted octanol–water partition coefficient (Wildman–Crippen LogP) is 4.04. The molecule has 62 valence electrons. The lowest BCUT2D eigenvalue weighted by Crippen LogP contribution is -2.14. The summed E-state index contributed by atoms with van der Waals surface area (Å²) in [5.74, 6) is 0. The van der Waals surface area contributed by atoms with E-state index in [0.29, 0.717) is 0 Å². The molecule has 0 spiro atoms.